The second kappa shape index (κ2) is 7.43. The standard InChI is InChI=1S/C11H18N2O7/c1-11(12,5-4-8(16)17)10(20)13-6(9(18)19)2-3-7(14)15/h6H,2-5,12H2,1H3,(H,13,20)(H,14,15)(H,16,17)(H,18,19). The van der Waals surface area contributed by atoms with Gasteiger partial charge in [0.25, 0.3) is 0 Å². The summed E-state index contributed by atoms with van der Waals surface area (Å²) in [5.41, 5.74) is 4.08. The Balaban J connectivity index is 4.61. The zero-order valence-corrected chi connectivity index (χ0v) is 11.0. The maximum absolute atomic E-state index is 11.8. The Morgan fingerprint density at radius 2 is 1.60 bits per heavy atom. The number of carboxylic acids is 3. The van der Waals surface area contributed by atoms with E-state index in [2.05, 4.69) is 5.32 Å². The molecule has 9 nitrogen and oxygen atoms in total. The average molecular weight is 290 g/mol. The Bertz CT molecular complexity index is 406. The number of aliphatic carboxylic acids is 3. The number of carboxylic acid groups (broad SMARTS) is 3. The first-order chi connectivity index (χ1) is 9.06. The molecule has 0 fully saturated rings. The van der Waals surface area contributed by atoms with Crippen LogP contribution in [0.1, 0.15) is 32.6 Å². The minimum atomic E-state index is -1.55. The highest BCUT2D eigenvalue weighted by atomic mass is 16.4. The topological polar surface area (TPSA) is 167 Å². The number of rotatable bonds is 9. The predicted octanol–water partition coefficient (Wildman–Crippen LogP) is -0.997. The number of amides is 1. The van der Waals surface area contributed by atoms with Crippen molar-refractivity contribution in [3.63, 3.8) is 0 Å². The summed E-state index contributed by atoms with van der Waals surface area (Å²) >= 11 is 0. The van der Waals surface area contributed by atoms with Crippen LogP contribution in [0.15, 0.2) is 0 Å². The second-order valence-corrected chi connectivity index (χ2v) is 4.61. The van der Waals surface area contributed by atoms with Crippen molar-refractivity contribution >= 4 is 23.8 Å². The molecule has 0 saturated heterocycles. The van der Waals surface area contributed by atoms with Crippen molar-refractivity contribution in [1.29, 1.82) is 0 Å². The molecule has 0 radical (unpaired) electrons. The molecule has 114 valence electrons. The molecule has 0 aliphatic rings. The van der Waals surface area contributed by atoms with E-state index in [9.17, 15) is 19.2 Å². The van der Waals surface area contributed by atoms with E-state index in [1.54, 1.807) is 0 Å². The summed E-state index contributed by atoms with van der Waals surface area (Å²) in [7, 11) is 0. The molecule has 0 heterocycles. The molecule has 9 heteroatoms. The smallest absolute Gasteiger partial charge is 0.326 e. The highest BCUT2D eigenvalue weighted by Crippen LogP contribution is 2.10. The third-order valence-electron chi connectivity index (χ3n) is 2.63. The molecule has 0 aliphatic heterocycles. The Labute approximate surface area is 114 Å². The maximum Gasteiger partial charge on any atom is 0.326 e. The third-order valence-corrected chi connectivity index (χ3v) is 2.63. The normalized spacial score (nSPS) is 14.9. The monoisotopic (exact) mass is 290 g/mol. The van der Waals surface area contributed by atoms with E-state index in [-0.39, 0.29) is 19.3 Å². The van der Waals surface area contributed by atoms with Gasteiger partial charge in [-0.1, -0.05) is 0 Å². The van der Waals surface area contributed by atoms with Crippen LogP contribution >= 0.6 is 0 Å². The first-order valence-electron chi connectivity index (χ1n) is 5.82. The fourth-order valence-corrected chi connectivity index (χ4v) is 1.33. The second-order valence-electron chi connectivity index (χ2n) is 4.61. The lowest BCUT2D eigenvalue weighted by Gasteiger charge is -2.25. The van der Waals surface area contributed by atoms with Gasteiger partial charge >= 0.3 is 17.9 Å². The largest absolute Gasteiger partial charge is 0.481 e. The van der Waals surface area contributed by atoms with Gasteiger partial charge in [0.1, 0.15) is 6.04 Å². The number of hydrogen-bond donors (Lipinski definition) is 5. The molecule has 0 saturated carbocycles. The van der Waals surface area contributed by atoms with Gasteiger partial charge in [-0.15, -0.1) is 0 Å². The van der Waals surface area contributed by atoms with Crippen LogP contribution in [0, 0.1) is 0 Å². The van der Waals surface area contributed by atoms with Gasteiger partial charge < -0.3 is 26.4 Å². The molecule has 0 aliphatic carbocycles. The van der Waals surface area contributed by atoms with Gasteiger partial charge in [-0.3, -0.25) is 14.4 Å². The first kappa shape index (κ1) is 17.8. The number of carbonyl (C=O) groups excluding carboxylic acids is 1. The van der Waals surface area contributed by atoms with Crippen molar-refractivity contribution < 1.29 is 34.5 Å². The number of nitrogens with two attached hydrogens (primary N) is 1. The molecular weight excluding hydrogens is 272 g/mol. The van der Waals surface area contributed by atoms with Gasteiger partial charge in [-0.25, -0.2) is 4.79 Å². The summed E-state index contributed by atoms with van der Waals surface area (Å²) < 4.78 is 0. The summed E-state index contributed by atoms with van der Waals surface area (Å²) in [6, 6.07) is -1.38. The Hall–Kier alpha value is -2.16. The van der Waals surface area contributed by atoms with E-state index in [1.807, 2.05) is 0 Å². The van der Waals surface area contributed by atoms with E-state index >= 15 is 0 Å². The summed E-state index contributed by atoms with van der Waals surface area (Å²) in [6.45, 7) is 1.28. The molecule has 0 spiro atoms. The van der Waals surface area contributed by atoms with Crippen molar-refractivity contribution in [3.8, 4) is 0 Å². The van der Waals surface area contributed by atoms with E-state index in [0.29, 0.717) is 0 Å². The first-order valence-corrected chi connectivity index (χ1v) is 5.82. The zero-order valence-electron chi connectivity index (χ0n) is 11.0. The van der Waals surface area contributed by atoms with Gasteiger partial charge in [0.2, 0.25) is 5.91 Å². The molecular formula is C11H18N2O7. The van der Waals surface area contributed by atoms with Crippen LogP contribution < -0.4 is 11.1 Å². The predicted molar refractivity (Wildman–Crippen MR) is 65.9 cm³/mol. The Morgan fingerprint density at radius 3 is 2.00 bits per heavy atom. The molecule has 0 rings (SSSR count). The molecule has 2 unspecified atom stereocenters. The van der Waals surface area contributed by atoms with Crippen LogP contribution in [0.25, 0.3) is 0 Å². The fourth-order valence-electron chi connectivity index (χ4n) is 1.33. The van der Waals surface area contributed by atoms with E-state index in [1.165, 1.54) is 6.92 Å². The molecule has 2 atom stereocenters. The van der Waals surface area contributed by atoms with Crippen molar-refractivity contribution in [2.75, 3.05) is 0 Å². The molecule has 6 N–H and O–H groups in total. The number of hydrogen-bond acceptors (Lipinski definition) is 5. The van der Waals surface area contributed by atoms with Gasteiger partial charge in [-0.05, 0) is 19.8 Å². The maximum atomic E-state index is 11.8. The van der Waals surface area contributed by atoms with Gasteiger partial charge in [0, 0.05) is 12.8 Å². The van der Waals surface area contributed by atoms with Crippen molar-refractivity contribution in [3.05, 3.63) is 0 Å². The minimum Gasteiger partial charge on any atom is -0.481 e. The summed E-state index contributed by atoms with van der Waals surface area (Å²) in [6.07, 6.45) is -1.22. The van der Waals surface area contributed by atoms with Crippen molar-refractivity contribution in [1.82, 2.24) is 5.32 Å². The van der Waals surface area contributed by atoms with Crippen LogP contribution in [0.5, 0.6) is 0 Å². The lowest BCUT2D eigenvalue weighted by molar-refractivity contribution is -0.144. The lowest BCUT2D eigenvalue weighted by atomic mass is 9.95. The molecule has 0 aromatic heterocycles. The molecule has 0 bridgehead atoms. The summed E-state index contributed by atoms with van der Waals surface area (Å²) in [5.74, 6) is -4.54. The quantitative estimate of drug-likeness (QED) is 0.360. The zero-order chi connectivity index (χ0) is 15.9. The molecule has 1 amide bonds. The minimum absolute atomic E-state index is 0.167. The van der Waals surface area contributed by atoms with Crippen LogP contribution in [0.2, 0.25) is 0 Å². The van der Waals surface area contributed by atoms with Crippen molar-refractivity contribution in [2.45, 2.75) is 44.2 Å². The van der Waals surface area contributed by atoms with Gasteiger partial charge in [0.15, 0.2) is 0 Å². The van der Waals surface area contributed by atoms with Gasteiger partial charge in [-0.2, -0.15) is 0 Å². The Morgan fingerprint density at radius 1 is 1.10 bits per heavy atom. The van der Waals surface area contributed by atoms with Crippen LogP contribution in [-0.4, -0.2) is 50.7 Å². The van der Waals surface area contributed by atoms with Crippen LogP contribution in [-0.2, 0) is 19.2 Å². The highest BCUT2D eigenvalue weighted by Gasteiger charge is 2.32. The lowest BCUT2D eigenvalue weighted by Crippen LogP contribution is -2.56. The molecule has 0 aromatic rings. The molecule has 0 aromatic carbocycles. The van der Waals surface area contributed by atoms with Crippen LogP contribution in [0.4, 0.5) is 0 Å². The van der Waals surface area contributed by atoms with E-state index in [0.717, 1.165) is 0 Å². The third kappa shape index (κ3) is 6.69. The van der Waals surface area contributed by atoms with Gasteiger partial charge in [0.05, 0.1) is 5.54 Å². The SMILES string of the molecule is CC(N)(CCC(=O)O)C(=O)NC(CCC(=O)O)C(=O)O. The van der Waals surface area contributed by atoms with E-state index in [4.69, 9.17) is 21.1 Å². The van der Waals surface area contributed by atoms with Crippen LogP contribution in [0.3, 0.4) is 0 Å². The molecule has 20 heavy (non-hydrogen) atoms. The highest BCUT2D eigenvalue weighted by molar-refractivity contribution is 5.90. The Kier molecular flexibility index (Phi) is 6.63. The fraction of sp³-hybridized carbons (Fsp3) is 0.636. The summed E-state index contributed by atoms with van der Waals surface area (Å²) in [4.78, 5) is 43.5. The van der Waals surface area contributed by atoms with E-state index < -0.39 is 41.8 Å². The average Bonchev–Trinajstić information content (AvgIpc) is 2.31. The summed E-state index contributed by atoms with van der Waals surface area (Å²) in [5, 5.41) is 28.0. The van der Waals surface area contributed by atoms with Crippen molar-refractivity contribution in [2.24, 2.45) is 5.73 Å². The number of carbonyl (C=O) groups is 4. The number of nitrogens with one attached hydrogen (secondary N) is 1.